The van der Waals surface area contributed by atoms with Crippen molar-refractivity contribution < 1.29 is 13.9 Å². The topological polar surface area (TPSA) is 50.4 Å². The first-order valence-corrected chi connectivity index (χ1v) is 6.67. The van der Waals surface area contributed by atoms with E-state index in [4.69, 9.17) is 16.3 Å². The molecule has 4 nitrogen and oxygen atoms in total. The average Bonchev–Trinajstić information content (AvgIpc) is 3.00. The predicted molar refractivity (Wildman–Crippen MR) is 68.9 cm³/mol. The number of hydrogen-bond acceptors (Lipinski definition) is 3. The molecule has 1 amide bonds. The van der Waals surface area contributed by atoms with Crippen molar-refractivity contribution in [1.29, 1.82) is 0 Å². The number of amides is 1. The van der Waals surface area contributed by atoms with E-state index < -0.39 is 11.9 Å². The number of ether oxygens (including phenoxy) is 1. The van der Waals surface area contributed by atoms with Crippen molar-refractivity contribution in [2.24, 2.45) is 5.92 Å². The first kappa shape index (κ1) is 12.7. The Hall–Kier alpha value is -1.33. The fourth-order valence-corrected chi connectivity index (χ4v) is 2.66. The maximum atomic E-state index is 13.5. The van der Waals surface area contributed by atoms with Crippen LogP contribution in [0.25, 0.3) is 0 Å². The lowest BCUT2D eigenvalue weighted by atomic mass is 10.2. The molecule has 1 saturated carbocycles. The third-order valence-corrected chi connectivity index (χ3v) is 3.86. The van der Waals surface area contributed by atoms with Crippen LogP contribution in [-0.2, 0) is 0 Å². The predicted octanol–water partition coefficient (Wildman–Crippen LogP) is 2.32. The second-order valence-electron chi connectivity index (χ2n) is 5.02. The van der Waals surface area contributed by atoms with Crippen LogP contribution in [0.3, 0.4) is 0 Å². The third kappa shape index (κ3) is 2.82. The molecule has 102 valence electrons. The van der Waals surface area contributed by atoms with Crippen LogP contribution in [0.5, 0.6) is 5.75 Å². The summed E-state index contributed by atoms with van der Waals surface area (Å²) in [5.74, 6) is -0.111. The zero-order valence-electron chi connectivity index (χ0n) is 10.2. The molecule has 2 aliphatic rings. The zero-order valence-corrected chi connectivity index (χ0v) is 10.9. The molecule has 6 heteroatoms. The van der Waals surface area contributed by atoms with Gasteiger partial charge in [-0.25, -0.2) is 9.18 Å². The summed E-state index contributed by atoms with van der Waals surface area (Å²) >= 11 is 5.60. The monoisotopic (exact) mass is 284 g/mol. The lowest BCUT2D eigenvalue weighted by Crippen LogP contribution is -2.40. The number of carbonyl (C=O) groups excluding carboxylic acids is 1. The van der Waals surface area contributed by atoms with Gasteiger partial charge in [0.25, 0.3) is 0 Å². The second kappa shape index (κ2) is 4.98. The maximum Gasteiger partial charge on any atom is 0.412 e. The molecule has 0 aromatic heterocycles. The third-order valence-electron chi connectivity index (χ3n) is 3.57. The Balaban J connectivity index is 1.49. The lowest BCUT2D eigenvalue weighted by molar-refractivity contribution is 0.197. The quantitative estimate of drug-likeness (QED) is 0.896. The Labute approximate surface area is 115 Å². The molecule has 0 spiro atoms. The molecule has 0 bridgehead atoms. The van der Waals surface area contributed by atoms with E-state index in [1.54, 1.807) is 0 Å². The van der Waals surface area contributed by atoms with Gasteiger partial charge in [-0.1, -0.05) is 17.7 Å². The molecule has 2 fully saturated rings. The Morgan fingerprint density at radius 3 is 3.11 bits per heavy atom. The van der Waals surface area contributed by atoms with E-state index in [0.717, 1.165) is 12.3 Å². The van der Waals surface area contributed by atoms with Crippen LogP contribution in [-0.4, -0.2) is 24.7 Å². The van der Waals surface area contributed by atoms with Gasteiger partial charge in [0, 0.05) is 18.6 Å². The number of fused-ring (bicyclic) bond motifs is 1. The van der Waals surface area contributed by atoms with Gasteiger partial charge >= 0.3 is 6.09 Å². The highest BCUT2D eigenvalue weighted by Gasteiger charge is 2.45. The van der Waals surface area contributed by atoms with E-state index in [2.05, 4.69) is 10.6 Å². The first-order chi connectivity index (χ1) is 9.13. The molecule has 3 rings (SSSR count). The van der Waals surface area contributed by atoms with Crippen molar-refractivity contribution in [3.63, 3.8) is 0 Å². The molecule has 1 saturated heterocycles. The summed E-state index contributed by atoms with van der Waals surface area (Å²) in [7, 11) is 0. The summed E-state index contributed by atoms with van der Waals surface area (Å²) < 4.78 is 18.4. The van der Waals surface area contributed by atoms with Crippen molar-refractivity contribution in [2.45, 2.75) is 24.9 Å². The summed E-state index contributed by atoms with van der Waals surface area (Å²) in [4.78, 5) is 11.6. The molecule has 1 heterocycles. The van der Waals surface area contributed by atoms with Crippen LogP contribution >= 0.6 is 11.6 Å². The first-order valence-electron chi connectivity index (χ1n) is 6.29. The molecule has 3 atom stereocenters. The van der Waals surface area contributed by atoms with Gasteiger partial charge in [-0.05, 0) is 30.9 Å². The molecule has 1 aromatic carbocycles. The van der Waals surface area contributed by atoms with E-state index in [-0.39, 0.29) is 10.8 Å². The van der Waals surface area contributed by atoms with Gasteiger partial charge in [-0.2, -0.15) is 0 Å². The van der Waals surface area contributed by atoms with Gasteiger partial charge in [0.1, 0.15) is 0 Å². The van der Waals surface area contributed by atoms with Gasteiger partial charge < -0.3 is 15.4 Å². The van der Waals surface area contributed by atoms with Crippen molar-refractivity contribution in [1.82, 2.24) is 10.6 Å². The Morgan fingerprint density at radius 2 is 2.37 bits per heavy atom. The number of piperidine rings is 1. The second-order valence-corrected chi connectivity index (χ2v) is 5.43. The summed E-state index contributed by atoms with van der Waals surface area (Å²) in [6.45, 7) is 0.494. The number of benzene rings is 1. The van der Waals surface area contributed by atoms with Crippen molar-refractivity contribution in [3.05, 3.63) is 29.0 Å². The van der Waals surface area contributed by atoms with Crippen molar-refractivity contribution >= 4 is 17.7 Å². The van der Waals surface area contributed by atoms with Crippen molar-refractivity contribution in [3.8, 4) is 5.75 Å². The Morgan fingerprint density at radius 1 is 1.53 bits per heavy atom. The van der Waals surface area contributed by atoms with Crippen molar-refractivity contribution in [2.75, 3.05) is 6.54 Å². The van der Waals surface area contributed by atoms with Crippen LogP contribution in [0.1, 0.15) is 12.8 Å². The van der Waals surface area contributed by atoms with E-state index in [0.29, 0.717) is 18.6 Å². The minimum atomic E-state index is -0.723. The van der Waals surface area contributed by atoms with E-state index >= 15 is 0 Å². The fourth-order valence-electron chi connectivity index (χ4n) is 2.50. The van der Waals surface area contributed by atoms with Gasteiger partial charge in [-0.3, -0.25) is 0 Å². The lowest BCUT2D eigenvalue weighted by Gasteiger charge is -2.14. The smallest absolute Gasteiger partial charge is 0.407 e. The SMILES string of the molecule is O=C(NCC1CC2CC2N1)Oc1cccc(Cl)c1F. The minimum absolute atomic E-state index is 0.0668. The average molecular weight is 285 g/mol. The molecule has 3 unspecified atom stereocenters. The number of hydrogen-bond donors (Lipinski definition) is 2. The molecule has 1 aromatic rings. The Kier molecular flexibility index (Phi) is 3.33. The fraction of sp³-hybridized carbons (Fsp3) is 0.462. The van der Waals surface area contributed by atoms with Gasteiger partial charge in [0.15, 0.2) is 11.6 Å². The van der Waals surface area contributed by atoms with Crippen LogP contribution in [0, 0.1) is 11.7 Å². The van der Waals surface area contributed by atoms with Gasteiger partial charge in [0.2, 0.25) is 0 Å². The standard InChI is InChI=1S/C13H14ClFN2O2/c14-9-2-1-3-11(12(9)15)19-13(18)16-6-8-4-7-5-10(7)17-8/h1-3,7-8,10,17H,4-6H2,(H,16,18). The normalized spacial score (nSPS) is 27.8. The minimum Gasteiger partial charge on any atom is -0.407 e. The number of rotatable bonds is 3. The summed E-state index contributed by atoms with van der Waals surface area (Å²) in [6, 6.07) is 5.22. The highest BCUT2D eigenvalue weighted by Crippen LogP contribution is 2.40. The molecule has 2 N–H and O–H groups in total. The van der Waals surface area contributed by atoms with E-state index in [1.165, 1.54) is 24.6 Å². The number of halogens is 2. The van der Waals surface area contributed by atoms with E-state index in [9.17, 15) is 9.18 Å². The zero-order chi connectivity index (χ0) is 13.4. The highest BCUT2D eigenvalue weighted by atomic mass is 35.5. The largest absolute Gasteiger partial charge is 0.412 e. The van der Waals surface area contributed by atoms with E-state index in [1.807, 2.05) is 0 Å². The maximum absolute atomic E-state index is 13.5. The molecule has 1 aliphatic heterocycles. The summed E-state index contributed by atoms with van der Waals surface area (Å²) in [5, 5.41) is 5.96. The highest BCUT2D eigenvalue weighted by molar-refractivity contribution is 6.30. The van der Waals surface area contributed by atoms with Gasteiger partial charge in [-0.15, -0.1) is 0 Å². The molecular formula is C13H14ClFN2O2. The number of carbonyl (C=O) groups is 1. The van der Waals surface area contributed by atoms with Crippen LogP contribution in [0.4, 0.5) is 9.18 Å². The number of nitrogens with one attached hydrogen (secondary N) is 2. The molecule has 19 heavy (non-hydrogen) atoms. The summed E-state index contributed by atoms with van der Waals surface area (Å²) in [5.41, 5.74) is 0. The summed E-state index contributed by atoms with van der Waals surface area (Å²) in [6.07, 6.45) is 1.66. The molecular weight excluding hydrogens is 271 g/mol. The Bertz CT molecular complexity index is 501. The van der Waals surface area contributed by atoms with Crippen LogP contribution in [0.2, 0.25) is 5.02 Å². The van der Waals surface area contributed by atoms with Crippen LogP contribution < -0.4 is 15.4 Å². The molecule has 1 aliphatic carbocycles. The molecule has 0 radical (unpaired) electrons. The van der Waals surface area contributed by atoms with Gasteiger partial charge in [0.05, 0.1) is 5.02 Å². The van der Waals surface area contributed by atoms with Crippen LogP contribution in [0.15, 0.2) is 18.2 Å².